The summed E-state index contributed by atoms with van der Waals surface area (Å²) in [5.74, 6) is -3.84. The Kier molecular flexibility index (Phi) is 9.34. The highest BCUT2D eigenvalue weighted by Crippen LogP contribution is 2.41. The largest absolute Gasteiger partial charge is 0.497 e. The molecule has 1 aromatic carbocycles. The van der Waals surface area contributed by atoms with Crippen molar-refractivity contribution in [3.8, 4) is 17.4 Å². The second kappa shape index (κ2) is 12.8. The number of carboxylic acids is 1. The van der Waals surface area contributed by atoms with Gasteiger partial charge in [-0.05, 0) is 99.0 Å². The Hall–Kier alpha value is -3.15. The summed E-state index contributed by atoms with van der Waals surface area (Å²) in [4.78, 5) is 16.9. The highest BCUT2D eigenvalue weighted by Gasteiger charge is 2.58. The number of fused-ring (bicyclic) bond motifs is 1. The molecule has 1 N–H and O–H groups in total. The number of alkyl halides is 5. The molecule has 2 aliphatic carbocycles. The summed E-state index contributed by atoms with van der Waals surface area (Å²) < 4.78 is 83.2. The van der Waals surface area contributed by atoms with Crippen LogP contribution in [0.25, 0.3) is 0 Å². The topological polar surface area (TPSA) is 81.1 Å². The number of pyridine rings is 1. The van der Waals surface area contributed by atoms with E-state index in [0.717, 1.165) is 55.2 Å². The lowest BCUT2D eigenvalue weighted by atomic mass is 9.88. The van der Waals surface area contributed by atoms with Crippen molar-refractivity contribution in [2.75, 3.05) is 26.7 Å². The number of ether oxygens (including phenoxy) is 3. The third kappa shape index (κ3) is 7.50. The van der Waals surface area contributed by atoms with Crippen LogP contribution in [0.5, 0.6) is 17.4 Å². The Morgan fingerprint density at radius 1 is 0.953 bits per heavy atom. The zero-order valence-electron chi connectivity index (χ0n) is 24.0. The van der Waals surface area contributed by atoms with Crippen molar-refractivity contribution in [3.63, 3.8) is 0 Å². The van der Waals surface area contributed by atoms with Gasteiger partial charge in [0.25, 0.3) is 0 Å². The van der Waals surface area contributed by atoms with E-state index in [4.69, 9.17) is 14.2 Å². The van der Waals surface area contributed by atoms with Crippen LogP contribution in [0.15, 0.2) is 30.5 Å². The van der Waals surface area contributed by atoms with E-state index in [9.17, 15) is 31.9 Å². The van der Waals surface area contributed by atoms with Crippen molar-refractivity contribution in [1.82, 2.24) is 9.88 Å². The Balaban J connectivity index is 1.17. The SMILES string of the molecule is COc1ccc(C2CCN(CC(F)(F)C(F)(F)F)CC2)c(OC2CCC(Oc3cc4c(cn3)CCC4CC(=O)O)CC2)c1. The predicted molar refractivity (Wildman–Crippen MR) is 147 cm³/mol. The highest BCUT2D eigenvalue weighted by atomic mass is 19.4. The number of aromatic nitrogens is 1. The Morgan fingerprint density at radius 3 is 2.26 bits per heavy atom. The van der Waals surface area contributed by atoms with Crippen molar-refractivity contribution < 1.29 is 46.1 Å². The van der Waals surface area contributed by atoms with Crippen LogP contribution in [0.1, 0.15) is 79.9 Å². The molecule has 1 aliphatic heterocycles. The minimum Gasteiger partial charge on any atom is -0.497 e. The van der Waals surface area contributed by atoms with Gasteiger partial charge in [-0.3, -0.25) is 9.69 Å². The number of hydrogen-bond acceptors (Lipinski definition) is 6. The van der Waals surface area contributed by atoms with Gasteiger partial charge in [0.2, 0.25) is 5.88 Å². The van der Waals surface area contributed by atoms with Crippen molar-refractivity contribution in [2.45, 2.75) is 93.9 Å². The third-order valence-corrected chi connectivity index (χ3v) is 8.91. The number of halogens is 5. The minimum atomic E-state index is -5.56. The quantitative estimate of drug-likeness (QED) is 0.298. The standard InChI is InChI=1S/C31H37F5N2O5/c1-41-24-8-9-25(19-10-12-38(13-11-19)18-30(32,33)31(34,35)36)27(15-24)42-22-4-6-23(7-5-22)43-28-16-26-20(14-29(39)40)2-3-21(26)17-37-28/h8-9,15-17,19-20,22-23H,2-7,10-14,18H2,1H3,(H,39,40). The van der Waals surface area contributed by atoms with Gasteiger partial charge in [-0.1, -0.05) is 6.07 Å². The lowest BCUT2D eigenvalue weighted by molar-refractivity contribution is -0.287. The molecule has 2 aromatic rings. The van der Waals surface area contributed by atoms with Gasteiger partial charge in [-0.25, -0.2) is 4.98 Å². The number of methoxy groups -OCH3 is 1. The van der Waals surface area contributed by atoms with Gasteiger partial charge in [0.1, 0.15) is 17.6 Å². The second-order valence-corrected chi connectivity index (χ2v) is 11.8. The van der Waals surface area contributed by atoms with Crippen molar-refractivity contribution >= 4 is 5.97 Å². The first-order valence-corrected chi connectivity index (χ1v) is 14.8. The van der Waals surface area contributed by atoms with Crippen molar-refractivity contribution in [2.24, 2.45) is 0 Å². The summed E-state index contributed by atoms with van der Waals surface area (Å²) in [6, 6.07) is 7.40. The minimum absolute atomic E-state index is 0.0212. The summed E-state index contributed by atoms with van der Waals surface area (Å²) in [6.45, 7) is -1.06. The number of carboxylic acid groups (broad SMARTS) is 1. The first-order valence-electron chi connectivity index (χ1n) is 14.8. The van der Waals surface area contributed by atoms with E-state index in [1.807, 2.05) is 24.3 Å². The maximum absolute atomic E-state index is 13.6. The first kappa shape index (κ1) is 31.3. The molecule has 0 spiro atoms. The number of hydrogen-bond donors (Lipinski definition) is 1. The highest BCUT2D eigenvalue weighted by molar-refractivity contribution is 5.68. The van der Waals surface area contributed by atoms with Gasteiger partial charge in [-0.15, -0.1) is 0 Å². The van der Waals surface area contributed by atoms with E-state index in [2.05, 4.69) is 4.98 Å². The van der Waals surface area contributed by atoms with Crippen LogP contribution in [-0.2, 0) is 11.2 Å². The van der Waals surface area contributed by atoms with E-state index < -0.39 is 24.6 Å². The Bertz CT molecular complexity index is 1270. The van der Waals surface area contributed by atoms with Gasteiger partial charge in [0, 0.05) is 18.3 Å². The number of likely N-dealkylation sites (tertiary alicyclic amines) is 1. The van der Waals surface area contributed by atoms with Crippen LogP contribution in [0.3, 0.4) is 0 Å². The molecule has 12 heteroatoms. The second-order valence-electron chi connectivity index (χ2n) is 11.8. The molecule has 1 aromatic heterocycles. The van der Waals surface area contributed by atoms with Crippen LogP contribution in [0.4, 0.5) is 22.0 Å². The van der Waals surface area contributed by atoms with Gasteiger partial charge in [-0.2, -0.15) is 22.0 Å². The molecule has 236 valence electrons. The molecular weight excluding hydrogens is 575 g/mol. The molecule has 2 fully saturated rings. The van der Waals surface area contributed by atoms with E-state index in [-0.39, 0.29) is 43.6 Å². The molecule has 0 amide bonds. The molecular formula is C31H37F5N2O5. The first-order chi connectivity index (χ1) is 20.4. The molecule has 1 saturated carbocycles. The van der Waals surface area contributed by atoms with Crippen molar-refractivity contribution in [1.29, 1.82) is 0 Å². The maximum atomic E-state index is 13.6. The van der Waals surface area contributed by atoms with Crippen LogP contribution < -0.4 is 14.2 Å². The zero-order chi connectivity index (χ0) is 30.8. The van der Waals surface area contributed by atoms with Crippen LogP contribution >= 0.6 is 0 Å². The summed E-state index contributed by atoms with van der Waals surface area (Å²) in [5.41, 5.74) is 2.99. The molecule has 7 nitrogen and oxygen atoms in total. The molecule has 0 radical (unpaired) electrons. The molecule has 3 aliphatic rings. The molecule has 5 rings (SSSR count). The number of aliphatic carboxylic acids is 1. The van der Waals surface area contributed by atoms with Crippen LogP contribution in [0.2, 0.25) is 0 Å². The zero-order valence-corrected chi connectivity index (χ0v) is 24.0. The molecule has 43 heavy (non-hydrogen) atoms. The number of carbonyl (C=O) groups is 1. The number of nitrogens with zero attached hydrogens (tertiary/aromatic N) is 2. The van der Waals surface area contributed by atoms with Gasteiger partial charge < -0.3 is 19.3 Å². The van der Waals surface area contributed by atoms with Crippen molar-refractivity contribution in [3.05, 3.63) is 47.2 Å². The molecule has 2 heterocycles. The fourth-order valence-corrected chi connectivity index (χ4v) is 6.51. The Morgan fingerprint density at radius 2 is 1.63 bits per heavy atom. The predicted octanol–water partition coefficient (Wildman–Crippen LogP) is 6.74. The molecule has 1 atom stereocenters. The van der Waals surface area contributed by atoms with E-state index in [0.29, 0.717) is 30.2 Å². The van der Waals surface area contributed by atoms with Gasteiger partial charge in [0.15, 0.2) is 0 Å². The van der Waals surface area contributed by atoms with E-state index in [1.54, 1.807) is 13.3 Å². The number of rotatable bonds is 10. The number of aryl methyl sites for hydroxylation is 1. The smallest absolute Gasteiger partial charge is 0.454 e. The fourth-order valence-electron chi connectivity index (χ4n) is 6.51. The van der Waals surface area contributed by atoms with Crippen LogP contribution in [-0.4, -0.2) is 72.0 Å². The van der Waals surface area contributed by atoms with E-state index >= 15 is 0 Å². The third-order valence-electron chi connectivity index (χ3n) is 8.91. The lowest BCUT2D eigenvalue weighted by Gasteiger charge is -2.35. The monoisotopic (exact) mass is 612 g/mol. The maximum Gasteiger partial charge on any atom is 0.454 e. The van der Waals surface area contributed by atoms with Gasteiger partial charge in [0.05, 0.1) is 26.2 Å². The summed E-state index contributed by atoms with van der Waals surface area (Å²) in [6.07, 6.45) is 1.66. The molecule has 1 unspecified atom stereocenters. The molecule has 1 saturated heterocycles. The van der Waals surface area contributed by atoms with E-state index in [1.165, 1.54) is 4.90 Å². The summed E-state index contributed by atoms with van der Waals surface area (Å²) in [7, 11) is 1.55. The van der Waals surface area contributed by atoms with Crippen LogP contribution in [0, 0.1) is 0 Å². The Labute approximate surface area is 247 Å². The summed E-state index contributed by atoms with van der Waals surface area (Å²) in [5, 5.41) is 9.23. The fraction of sp³-hybridized carbons (Fsp3) is 0.613. The van der Waals surface area contributed by atoms with Gasteiger partial charge >= 0.3 is 18.1 Å². The molecule has 0 bridgehead atoms. The summed E-state index contributed by atoms with van der Waals surface area (Å²) >= 11 is 0. The normalized spacial score (nSPS) is 23.5. The lowest BCUT2D eigenvalue weighted by Crippen LogP contribution is -2.48. The average molecular weight is 613 g/mol. The average Bonchev–Trinajstić information content (AvgIpc) is 3.35. The number of piperidine rings is 1. The number of benzene rings is 1.